The summed E-state index contributed by atoms with van der Waals surface area (Å²) in [4.78, 5) is 2.60. The number of likely N-dealkylation sites (tertiary alicyclic amines) is 1. The van der Waals surface area contributed by atoms with Gasteiger partial charge in [0.05, 0.1) is 0 Å². The first kappa shape index (κ1) is 13.0. The van der Waals surface area contributed by atoms with Crippen molar-refractivity contribution in [1.29, 1.82) is 0 Å². The molecule has 2 unspecified atom stereocenters. The van der Waals surface area contributed by atoms with Crippen LogP contribution in [0.2, 0.25) is 0 Å². The normalized spacial score (nSPS) is 26.2. The van der Waals surface area contributed by atoms with Gasteiger partial charge in [0, 0.05) is 19.1 Å². The van der Waals surface area contributed by atoms with Crippen LogP contribution in [0.3, 0.4) is 0 Å². The highest BCUT2D eigenvalue weighted by molar-refractivity contribution is 4.89. The van der Waals surface area contributed by atoms with Gasteiger partial charge in [-0.1, -0.05) is 34.6 Å². The Bertz CT molecular complexity index is 193. The summed E-state index contributed by atoms with van der Waals surface area (Å²) in [7, 11) is 0. The van der Waals surface area contributed by atoms with E-state index in [2.05, 4.69) is 39.5 Å². The van der Waals surface area contributed by atoms with Gasteiger partial charge in [-0.25, -0.2) is 0 Å². The molecule has 90 valence electrons. The van der Waals surface area contributed by atoms with E-state index in [9.17, 15) is 0 Å². The largest absolute Gasteiger partial charge is 0.329 e. The van der Waals surface area contributed by atoms with Gasteiger partial charge in [-0.05, 0) is 30.2 Å². The Hall–Kier alpha value is -0.0800. The minimum absolute atomic E-state index is 0.306. The summed E-state index contributed by atoms with van der Waals surface area (Å²) in [5, 5.41) is 0. The Morgan fingerprint density at radius 3 is 2.27 bits per heavy atom. The second-order valence-electron chi connectivity index (χ2n) is 6.41. The molecule has 0 aromatic rings. The summed E-state index contributed by atoms with van der Waals surface area (Å²) in [6, 6.07) is 0.543. The fraction of sp³-hybridized carbons (Fsp3) is 1.00. The molecule has 1 saturated heterocycles. The number of hydrogen-bond donors (Lipinski definition) is 1. The van der Waals surface area contributed by atoms with Crippen LogP contribution in [0.4, 0.5) is 0 Å². The molecule has 0 aromatic heterocycles. The van der Waals surface area contributed by atoms with E-state index in [-0.39, 0.29) is 0 Å². The molecule has 1 rings (SSSR count). The van der Waals surface area contributed by atoms with Gasteiger partial charge in [0.15, 0.2) is 0 Å². The molecule has 2 heteroatoms. The predicted octanol–water partition coefficient (Wildman–Crippen LogP) is 2.34. The van der Waals surface area contributed by atoms with Crippen molar-refractivity contribution in [2.75, 3.05) is 19.6 Å². The van der Waals surface area contributed by atoms with Crippen molar-refractivity contribution in [3.63, 3.8) is 0 Å². The molecule has 0 radical (unpaired) electrons. The number of hydrogen-bond acceptors (Lipinski definition) is 2. The molecule has 0 aliphatic carbocycles. The fourth-order valence-electron chi connectivity index (χ4n) is 2.69. The molecule has 2 atom stereocenters. The maximum atomic E-state index is 5.92. The third kappa shape index (κ3) is 3.18. The van der Waals surface area contributed by atoms with Crippen LogP contribution in [0.1, 0.15) is 41.0 Å². The summed E-state index contributed by atoms with van der Waals surface area (Å²) in [6.07, 6.45) is 1.35. The maximum Gasteiger partial charge on any atom is 0.0266 e. The molecule has 0 aromatic carbocycles. The van der Waals surface area contributed by atoms with Crippen molar-refractivity contribution in [2.24, 2.45) is 23.0 Å². The summed E-state index contributed by atoms with van der Waals surface area (Å²) >= 11 is 0. The van der Waals surface area contributed by atoms with Gasteiger partial charge in [-0.15, -0.1) is 0 Å². The molecule has 0 amide bonds. The minimum Gasteiger partial charge on any atom is -0.329 e. The number of nitrogens with zero attached hydrogens (tertiary/aromatic N) is 1. The van der Waals surface area contributed by atoms with Gasteiger partial charge in [0.25, 0.3) is 0 Å². The maximum absolute atomic E-state index is 5.92. The highest BCUT2D eigenvalue weighted by Gasteiger charge is 2.34. The molecule has 2 N–H and O–H groups in total. The monoisotopic (exact) mass is 212 g/mol. The third-order valence-corrected chi connectivity index (χ3v) is 3.86. The Balaban J connectivity index is 2.58. The van der Waals surface area contributed by atoms with Gasteiger partial charge in [-0.3, -0.25) is 4.90 Å². The first-order valence-electron chi connectivity index (χ1n) is 6.30. The SMILES string of the molecule is CC(C)C1CCN(C(CN)C(C)(C)C)C1. The first-order chi connectivity index (χ1) is 6.86. The van der Waals surface area contributed by atoms with E-state index in [1.807, 2.05) is 0 Å². The summed E-state index contributed by atoms with van der Waals surface area (Å²) < 4.78 is 0. The highest BCUT2D eigenvalue weighted by Crippen LogP contribution is 2.31. The minimum atomic E-state index is 0.306. The van der Waals surface area contributed by atoms with Crippen LogP contribution in [0.25, 0.3) is 0 Å². The van der Waals surface area contributed by atoms with E-state index < -0.39 is 0 Å². The molecule has 1 aliphatic rings. The van der Waals surface area contributed by atoms with E-state index in [0.717, 1.165) is 18.4 Å². The van der Waals surface area contributed by atoms with Crippen molar-refractivity contribution in [1.82, 2.24) is 4.90 Å². The Morgan fingerprint density at radius 2 is 1.93 bits per heavy atom. The second-order valence-corrected chi connectivity index (χ2v) is 6.41. The molecule has 15 heavy (non-hydrogen) atoms. The van der Waals surface area contributed by atoms with E-state index in [4.69, 9.17) is 5.73 Å². The molecular weight excluding hydrogens is 184 g/mol. The highest BCUT2D eigenvalue weighted by atomic mass is 15.2. The van der Waals surface area contributed by atoms with Gasteiger partial charge < -0.3 is 5.73 Å². The van der Waals surface area contributed by atoms with Crippen molar-refractivity contribution < 1.29 is 0 Å². The van der Waals surface area contributed by atoms with E-state index >= 15 is 0 Å². The number of nitrogens with two attached hydrogens (primary N) is 1. The standard InChI is InChI=1S/C13H28N2/c1-10(2)11-6-7-15(9-11)12(8-14)13(3,4)5/h10-12H,6-9,14H2,1-5H3. The second kappa shape index (κ2) is 4.84. The van der Waals surface area contributed by atoms with Gasteiger partial charge >= 0.3 is 0 Å². The Labute approximate surface area is 95.2 Å². The van der Waals surface area contributed by atoms with Crippen LogP contribution in [0.5, 0.6) is 0 Å². The zero-order valence-electron chi connectivity index (χ0n) is 11.1. The van der Waals surface area contributed by atoms with Gasteiger partial charge in [-0.2, -0.15) is 0 Å². The fourth-order valence-corrected chi connectivity index (χ4v) is 2.69. The van der Waals surface area contributed by atoms with Crippen molar-refractivity contribution in [3.8, 4) is 0 Å². The summed E-state index contributed by atoms with van der Waals surface area (Å²) in [5.74, 6) is 1.69. The molecule has 0 bridgehead atoms. The Kier molecular flexibility index (Phi) is 4.19. The zero-order chi connectivity index (χ0) is 11.6. The van der Waals surface area contributed by atoms with Crippen LogP contribution in [-0.4, -0.2) is 30.6 Å². The Morgan fingerprint density at radius 1 is 1.33 bits per heavy atom. The van der Waals surface area contributed by atoms with E-state index in [1.54, 1.807) is 0 Å². The van der Waals surface area contributed by atoms with Gasteiger partial charge in [0.2, 0.25) is 0 Å². The molecule has 0 spiro atoms. The van der Waals surface area contributed by atoms with Crippen LogP contribution in [0, 0.1) is 17.3 Å². The quantitative estimate of drug-likeness (QED) is 0.778. The topological polar surface area (TPSA) is 29.3 Å². The smallest absolute Gasteiger partial charge is 0.0266 e. The number of rotatable bonds is 3. The summed E-state index contributed by atoms with van der Waals surface area (Å²) in [6.45, 7) is 14.8. The predicted molar refractivity (Wildman–Crippen MR) is 66.8 cm³/mol. The third-order valence-electron chi connectivity index (χ3n) is 3.86. The lowest BCUT2D eigenvalue weighted by molar-refractivity contribution is 0.123. The van der Waals surface area contributed by atoms with Gasteiger partial charge in [0.1, 0.15) is 0 Å². The van der Waals surface area contributed by atoms with Crippen LogP contribution in [0.15, 0.2) is 0 Å². The molecule has 1 aliphatic heterocycles. The lowest BCUT2D eigenvalue weighted by atomic mass is 9.85. The molecule has 1 fully saturated rings. The van der Waals surface area contributed by atoms with Crippen LogP contribution < -0.4 is 5.73 Å². The molecule has 0 saturated carbocycles. The first-order valence-corrected chi connectivity index (χ1v) is 6.30. The van der Waals surface area contributed by atoms with Crippen molar-refractivity contribution in [2.45, 2.75) is 47.1 Å². The average molecular weight is 212 g/mol. The summed E-state index contributed by atoms with van der Waals surface area (Å²) in [5.41, 5.74) is 6.22. The lowest BCUT2D eigenvalue weighted by Gasteiger charge is -2.37. The van der Waals surface area contributed by atoms with E-state index in [0.29, 0.717) is 11.5 Å². The zero-order valence-corrected chi connectivity index (χ0v) is 11.1. The van der Waals surface area contributed by atoms with Crippen molar-refractivity contribution >= 4 is 0 Å². The molecule has 1 heterocycles. The van der Waals surface area contributed by atoms with Crippen molar-refractivity contribution in [3.05, 3.63) is 0 Å². The van der Waals surface area contributed by atoms with Crippen LogP contribution in [-0.2, 0) is 0 Å². The molecule has 2 nitrogen and oxygen atoms in total. The average Bonchev–Trinajstić information content (AvgIpc) is 2.51. The van der Waals surface area contributed by atoms with Crippen LogP contribution >= 0.6 is 0 Å². The molecular formula is C13H28N2. The van der Waals surface area contributed by atoms with E-state index in [1.165, 1.54) is 19.5 Å². The lowest BCUT2D eigenvalue weighted by Crippen LogP contribution is -2.47.